The molecular formula is C11H18N5O3+. The molecule has 19 heavy (non-hydrogen) atoms. The van der Waals surface area contributed by atoms with E-state index in [9.17, 15) is 9.90 Å². The number of anilines is 1. The Kier molecular flexibility index (Phi) is 3.54. The summed E-state index contributed by atoms with van der Waals surface area (Å²) in [5, 5.41) is 18.2. The van der Waals surface area contributed by atoms with E-state index < -0.39 is 6.10 Å². The van der Waals surface area contributed by atoms with E-state index >= 15 is 0 Å². The maximum Gasteiger partial charge on any atom is 0.311 e. The Morgan fingerprint density at radius 3 is 2.84 bits per heavy atom. The number of aliphatic hydroxyl groups excluding tert-OH is 2. The number of hydrogen-bond donors (Lipinski definition) is 3. The van der Waals surface area contributed by atoms with Crippen molar-refractivity contribution in [3.63, 3.8) is 0 Å². The molecule has 0 aliphatic heterocycles. The van der Waals surface area contributed by atoms with E-state index in [1.165, 1.54) is 4.57 Å². The van der Waals surface area contributed by atoms with Crippen LogP contribution in [-0.4, -0.2) is 37.0 Å². The lowest BCUT2D eigenvalue weighted by Crippen LogP contribution is -2.36. The lowest BCUT2D eigenvalue weighted by Gasteiger charge is -2.04. The highest BCUT2D eigenvalue weighted by molar-refractivity contribution is 5.67. The molecule has 8 nitrogen and oxygen atoms in total. The first-order valence-electron chi connectivity index (χ1n) is 5.95. The second kappa shape index (κ2) is 4.98. The summed E-state index contributed by atoms with van der Waals surface area (Å²) in [4.78, 5) is 16.3. The van der Waals surface area contributed by atoms with Crippen LogP contribution in [0.4, 0.5) is 5.95 Å². The van der Waals surface area contributed by atoms with Crippen molar-refractivity contribution in [2.45, 2.75) is 19.1 Å². The SMILES string of the molecule is Cn1c(N)nc2c(c1=O)n(C)c[n+]2CCC(O)CO. The number of fused-ring (bicyclic) bond motifs is 1. The predicted molar refractivity (Wildman–Crippen MR) is 68.3 cm³/mol. The van der Waals surface area contributed by atoms with Gasteiger partial charge in [-0.1, -0.05) is 4.98 Å². The van der Waals surface area contributed by atoms with Gasteiger partial charge in [0.2, 0.25) is 5.52 Å². The third kappa shape index (κ3) is 2.32. The first-order valence-corrected chi connectivity index (χ1v) is 5.95. The fourth-order valence-electron chi connectivity index (χ4n) is 1.97. The Bertz CT molecular complexity index is 660. The van der Waals surface area contributed by atoms with Gasteiger partial charge in [-0.15, -0.1) is 0 Å². The van der Waals surface area contributed by atoms with Crippen molar-refractivity contribution in [1.29, 1.82) is 0 Å². The molecule has 0 bridgehead atoms. The van der Waals surface area contributed by atoms with Crippen molar-refractivity contribution < 1.29 is 14.8 Å². The van der Waals surface area contributed by atoms with Gasteiger partial charge in [0.15, 0.2) is 6.33 Å². The van der Waals surface area contributed by atoms with Crippen LogP contribution in [0.15, 0.2) is 11.1 Å². The number of nitrogen functional groups attached to an aromatic ring is 1. The van der Waals surface area contributed by atoms with Crippen LogP contribution in [0.3, 0.4) is 0 Å². The van der Waals surface area contributed by atoms with Crippen molar-refractivity contribution in [1.82, 2.24) is 14.1 Å². The fourth-order valence-corrected chi connectivity index (χ4v) is 1.97. The second-order valence-electron chi connectivity index (χ2n) is 4.55. The standard InChI is InChI=1S/C11H17N5O3/c1-14-6-16(4-3-7(18)5-17)9-8(14)10(19)15(2)11(12)13-9/h6-7,17-18H,3-5H2,1-2H3,(H-,12,13,19)/p+1. The molecule has 0 amide bonds. The lowest BCUT2D eigenvalue weighted by atomic mass is 10.3. The van der Waals surface area contributed by atoms with Gasteiger partial charge in [-0.05, 0) is 0 Å². The van der Waals surface area contributed by atoms with Crippen LogP contribution in [0.5, 0.6) is 0 Å². The lowest BCUT2D eigenvalue weighted by molar-refractivity contribution is -0.675. The molecule has 0 spiro atoms. The summed E-state index contributed by atoms with van der Waals surface area (Å²) in [6.45, 7) is 0.154. The highest BCUT2D eigenvalue weighted by Crippen LogP contribution is 2.05. The minimum atomic E-state index is -0.786. The van der Waals surface area contributed by atoms with Crippen molar-refractivity contribution >= 4 is 17.1 Å². The third-order valence-corrected chi connectivity index (χ3v) is 3.13. The van der Waals surface area contributed by atoms with E-state index in [1.807, 2.05) is 0 Å². The smallest absolute Gasteiger partial charge is 0.311 e. The van der Waals surface area contributed by atoms with Crippen LogP contribution in [0.25, 0.3) is 11.2 Å². The van der Waals surface area contributed by atoms with Gasteiger partial charge >= 0.3 is 11.2 Å². The largest absolute Gasteiger partial charge is 0.394 e. The number of rotatable bonds is 4. The van der Waals surface area contributed by atoms with E-state index in [-0.39, 0.29) is 18.1 Å². The van der Waals surface area contributed by atoms with E-state index in [4.69, 9.17) is 10.8 Å². The van der Waals surface area contributed by atoms with Crippen molar-refractivity contribution in [2.75, 3.05) is 12.3 Å². The van der Waals surface area contributed by atoms with Gasteiger partial charge in [-0.25, -0.2) is 4.57 Å². The van der Waals surface area contributed by atoms with Crippen molar-refractivity contribution in [3.05, 3.63) is 16.7 Å². The topological polar surface area (TPSA) is 110 Å². The summed E-state index contributed by atoms with van der Waals surface area (Å²) >= 11 is 0. The molecule has 0 aliphatic rings. The number of aliphatic hydroxyl groups is 2. The van der Waals surface area contributed by atoms with Crippen LogP contribution in [0.2, 0.25) is 0 Å². The fraction of sp³-hybridized carbons (Fsp3) is 0.545. The monoisotopic (exact) mass is 268 g/mol. The summed E-state index contributed by atoms with van der Waals surface area (Å²) in [7, 11) is 3.32. The molecular weight excluding hydrogens is 250 g/mol. The molecule has 104 valence electrons. The van der Waals surface area contributed by atoms with Crippen LogP contribution in [0, 0.1) is 0 Å². The normalized spacial score (nSPS) is 13.1. The first-order chi connectivity index (χ1) is 8.95. The van der Waals surface area contributed by atoms with Gasteiger partial charge in [0.1, 0.15) is 0 Å². The Morgan fingerprint density at radius 2 is 2.21 bits per heavy atom. The molecule has 8 heteroatoms. The zero-order valence-electron chi connectivity index (χ0n) is 10.9. The quantitative estimate of drug-likeness (QED) is 0.549. The second-order valence-corrected chi connectivity index (χ2v) is 4.55. The molecule has 0 saturated carbocycles. The van der Waals surface area contributed by atoms with Gasteiger partial charge < -0.3 is 15.9 Å². The minimum Gasteiger partial charge on any atom is -0.394 e. The van der Waals surface area contributed by atoms with E-state index in [1.54, 1.807) is 29.6 Å². The number of aromatic nitrogens is 4. The zero-order valence-corrected chi connectivity index (χ0v) is 10.9. The van der Waals surface area contributed by atoms with Gasteiger partial charge in [0, 0.05) is 13.5 Å². The van der Waals surface area contributed by atoms with Gasteiger partial charge in [-0.3, -0.25) is 13.9 Å². The van der Waals surface area contributed by atoms with E-state index in [0.717, 1.165) is 0 Å². The summed E-state index contributed by atoms with van der Waals surface area (Å²) in [5.74, 6) is 0.139. The highest BCUT2D eigenvalue weighted by atomic mass is 16.3. The molecule has 0 saturated heterocycles. The van der Waals surface area contributed by atoms with Gasteiger partial charge in [-0.2, -0.15) is 0 Å². The molecule has 0 aliphatic carbocycles. The third-order valence-electron chi connectivity index (χ3n) is 3.13. The first kappa shape index (κ1) is 13.5. The average Bonchev–Trinajstić information content (AvgIpc) is 2.69. The number of hydrogen-bond acceptors (Lipinski definition) is 5. The molecule has 0 radical (unpaired) electrons. The van der Waals surface area contributed by atoms with Crippen LogP contribution in [-0.2, 0) is 20.6 Å². The molecule has 2 aromatic heterocycles. The molecule has 0 fully saturated rings. The summed E-state index contributed by atoms with van der Waals surface area (Å²) < 4.78 is 4.71. The number of imidazole rings is 1. The summed E-state index contributed by atoms with van der Waals surface area (Å²) in [5.41, 5.74) is 6.40. The minimum absolute atomic E-state index is 0.139. The average molecular weight is 268 g/mol. The van der Waals surface area contributed by atoms with E-state index in [2.05, 4.69) is 4.98 Å². The molecule has 2 heterocycles. The van der Waals surface area contributed by atoms with Gasteiger partial charge in [0.25, 0.3) is 5.95 Å². The maximum atomic E-state index is 12.1. The maximum absolute atomic E-state index is 12.1. The Morgan fingerprint density at radius 1 is 1.53 bits per heavy atom. The molecule has 1 atom stereocenters. The van der Waals surface area contributed by atoms with Crippen LogP contribution >= 0.6 is 0 Å². The number of nitrogens with two attached hydrogens (primary N) is 1. The molecule has 1 unspecified atom stereocenters. The zero-order chi connectivity index (χ0) is 14.2. The molecule has 2 rings (SSSR count). The Balaban J connectivity index is 2.50. The number of nitrogens with zero attached hydrogens (tertiary/aromatic N) is 4. The molecule has 0 aromatic carbocycles. The van der Waals surface area contributed by atoms with Crippen LogP contribution < -0.4 is 15.9 Å². The summed E-state index contributed by atoms with van der Waals surface area (Å²) in [6, 6.07) is 0. The summed E-state index contributed by atoms with van der Waals surface area (Å²) in [6.07, 6.45) is 1.31. The van der Waals surface area contributed by atoms with Gasteiger partial charge in [0.05, 0.1) is 26.3 Å². The molecule has 4 N–H and O–H groups in total. The number of aryl methyl sites for hydroxylation is 2. The molecule has 2 aromatic rings. The van der Waals surface area contributed by atoms with Crippen LogP contribution in [0.1, 0.15) is 6.42 Å². The Labute approximate surface area is 109 Å². The van der Waals surface area contributed by atoms with Crippen molar-refractivity contribution in [3.8, 4) is 0 Å². The van der Waals surface area contributed by atoms with Crippen molar-refractivity contribution in [2.24, 2.45) is 14.1 Å². The van der Waals surface area contributed by atoms with E-state index in [0.29, 0.717) is 24.1 Å². The highest BCUT2D eigenvalue weighted by Gasteiger charge is 2.21. The predicted octanol–water partition coefficient (Wildman–Crippen LogP) is -2.11. The Hall–Kier alpha value is -1.93.